The van der Waals surface area contributed by atoms with Crippen molar-refractivity contribution in [1.82, 2.24) is 14.6 Å². The molecule has 1 N–H and O–H groups in total. The van der Waals surface area contributed by atoms with Crippen molar-refractivity contribution in [3.05, 3.63) is 70.5 Å². The Morgan fingerprint density at radius 1 is 0.974 bits per heavy atom. The number of ether oxygens (including phenoxy) is 2. The van der Waals surface area contributed by atoms with Crippen molar-refractivity contribution >= 4 is 29.1 Å². The molecule has 5 rings (SSSR count). The Bertz CT molecular complexity index is 1340. The van der Waals surface area contributed by atoms with Crippen molar-refractivity contribution in [2.24, 2.45) is 0 Å². The minimum Gasteiger partial charge on any atom is -0.408 e. The van der Waals surface area contributed by atoms with Gasteiger partial charge < -0.3 is 18.9 Å². The Kier molecular flexibility index (Phi) is 7.86. The maximum absolute atomic E-state index is 12.7. The molecule has 38 heavy (non-hydrogen) atoms. The highest BCUT2D eigenvalue weighted by Gasteiger charge is 2.25. The number of carbonyl (C=O) groups excluding carboxylic acids is 1. The van der Waals surface area contributed by atoms with E-state index in [0.29, 0.717) is 22.0 Å². The number of piperazine rings is 1. The molecule has 3 heterocycles. The summed E-state index contributed by atoms with van der Waals surface area (Å²) < 4.78 is 13.1. The van der Waals surface area contributed by atoms with E-state index in [-0.39, 0.29) is 0 Å². The van der Waals surface area contributed by atoms with E-state index in [1.54, 1.807) is 6.07 Å². The molecule has 2 aliphatic rings. The summed E-state index contributed by atoms with van der Waals surface area (Å²) in [6.07, 6.45) is -0.614. The zero-order valence-corrected chi connectivity index (χ0v) is 22.4. The lowest BCUT2D eigenvalue weighted by atomic mass is 10.1. The first-order valence-electron chi connectivity index (χ1n) is 12.7. The van der Waals surface area contributed by atoms with Gasteiger partial charge in [-0.15, -0.1) is 0 Å². The van der Waals surface area contributed by atoms with Crippen LogP contribution in [0.15, 0.2) is 48.5 Å². The Labute approximate surface area is 227 Å². The van der Waals surface area contributed by atoms with Gasteiger partial charge in [-0.1, -0.05) is 11.6 Å². The molecule has 3 aromatic rings. The molecule has 0 radical (unpaired) electrons. The van der Waals surface area contributed by atoms with Crippen LogP contribution in [0.5, 0.6) is 5.75 Å². The third-order valence-corrected chi connectivity index (χ3v) is 7.27. The molecule has 1 aromatic heterocycles. The Morgan fingerprint density at radius 2 is 1.66 bits per heavy atom. The minimum absolute atomic E-state index is 0.463. The maximum Gasteiger partial charge on any atom is 0.417 e. The molecule has 198 valence electrons. The fourth-order valence-electron chi connectivity index (χ4n) is 5.10. The second kappa shape index (κ2) is 11.5. The molecule has 2 aliphatic heterocycles. The predicted octanol–water partition coefficient (Wildman–Crippen LogP) is 4.60. The van der Waals surface area contributed by atoms with Gasteiger partial charge in [0, 0.05) is 67.4 Å². The number of nitrogens with one attached hydrogen (secondary N) is 1. The lowest BCUT2D eigenvalue weighted by Gasteiger charge is -2.43. The number of benzene rings is 2. The van der Waals surface area contributed by atoms with Gasteiger partial charge in [-0.2, -0.15) is 5.26 Å². The van der Waals surface area contributed by atoms with Crippen molar-refractivity contribution in [3.8, 4) is 17.5 Å². The van der Waals surface area contributed by atoms with E-state index in [0.717, 1.165) is 75.2 Å². The van der Waals surface area contributed by atoms with Crippen LogP contribution < -0.4 is 15.0 Å². The number of aryl methyl sites for hydroxylation is 1. The Balaban J connectivity index is 1.23. The zero-order chi connectivity index (χ0) is 26.6. The average molecular weight is 535 g/mol. The molecule has 0 aliphatic carbocycles. The number of amides is 1. The summed E-state index contributed by atoms with van der Waals surface area (Å²) in [6, 6.07) is 17.0. The van der Waals surface area contributed by atoms with Gasteiger partial charge in [0.1, 0.15) is 6.07 Å². The lowest BCUT2D eigenvalue weighted by molar-refractivity contribution is -0.0919. The largest absolute Gasteiger partial charge is 0.417 e. The number of hydrogen-bond acceptors (Lipinski definition) is 7. The van der Waals surface area contributed by atoms with E-state index in [4.69, 9.17) is 21.1 Å². The highest BCUT2D eigenvalue weighted by Crippen LogP contribution is 2.29. The average Bonchev–Trinajstić information content (AvgIpc) is 3.21. The summed E-state index contributed by atoms with van der Waals surface area (Å²) >= 11 is 6.02. The number of morpholine rings is 1. The van der Waals surface area contributed by atoms with Gasteiger partial charge in [-0.3, -0.25) is 5.32 Å². The van der Waals surface area contributed by atoms with E-state index in [2.05, 4.69) is 26.3 Å². The summed E-state index contributed by atoms with van der Waals surface area (Å²) in [5.41, 5.74) is 4.55. The second-order valence-electron chi connectivity index (χ2n) is 9.41. The van der Waals surface area contributed by atoms with Crippen molar-refractivity contribution < 1.29 is 14.3 Å². The Morgan fingerprint density at radius 3 is 2.34 bits per heavy atom. The van der Waals surface area contributed by atoms with Gasteiger partial charge in [-0.25, -0.2) is 14.8 Å². The molecule has 2 aromatic carbocycles. The van der Waals surface area contributed by atoms with Gasteiger partial charge in [0.15, 0.2) is 5.75 Å². The number of nitrogens with zero attached hydrogens (tertiary/aromatic N) is 5. The first-order valence-corrected chi connectivity index (χ1v) is 13.1. The van der Waals surface area contributed by atoms with Gasteiger partial charge in [0.25, 0.3) is 0 Å². The molecule has 10 heteroatoms. The van der Waals surface area contributed by atoms with Crippen LogP contribution in [0.3, 0.4) is 0 Å². The molecular weight excluding hydrogens is 504 g/mol. The molecule has 0 unspecified atom stereocenters. The molecule has 0 atom stereocenters. The van der Waals surface area contributed by atoms with Crippen LogP contribution in [0, 0.1) is 25.2 Å². The number of carbonyl (C=O) groups is 1. The number of hydrazine groups is 1. The highest BCUT2D eigenvalue weighted by molar-refractivity contribution is 6.30. The van der Waals surface area contributed by atoms with Gasteiger partial charge in [0.05, 0.1) is 30.2 Å². The maximum atomic E-state index is 12.7. The number of hydrogen-bond donors (Lipinski definition) is 1. The number of rotatable bonds is 5. The molecule has 0 saturated carbocycles. The smallest absolute Gasteiger partial charge is 0.408 e. The molecule has 1 amide bonds. The zero-order valence-electron chi connectivity index (χ0n) is 21.6. The minimum atomic E-state index is -0.614. The van der Waals surface area contributed by atoms with E-state index in [1.807, 2.05) is 60.9 Å². The number of nitriles is 1. The highest BCUT2D eigenvalue weighted by atomic mass is 35.5. The molecule has 2 fully saturated rings. The van der Waals surface area contributed by atoms with Crippen LogP contribution in [0.1, 0.15) is 17.0 Å². The number of anilines is 2. The quantitative estimate of drug-likeness (QED) is 0.512. The molecule has 0 bridgehead atoms. The summed E-state index contributed by atoms with van der Waals surface area (Å²) in [6.45, 7) is 10.7. The van der Waals surface area contributed by atoms with Crippen molar-refractivity contribution in [2.75, 3.05) is 62.7 Å². The first kappa shape index (κ1) is 26.1. The van der Waals surface area contributed by atoms with Crippen LogP contribution in [-0.4, -0.2) is 73.2 Å². The third kappa shape index (κ3) is 5.64. The van der Waals surface area contributed by atoms with Crippen LogP contribution in [0.25, 0.3) is 5.69 Å². The number of aromatic nitrogens is 1. The number of halogens is 1. The van der Waals surface area contributed by atoms with Crippen LogP contribution in [0.4, 0.5) is 16.2 Å². The van der Waals surface area contributed by atoms with E-state index in [9.17, 15) is 10.1 Å². The summed E-state index contributed by atoms with van der Waals surface area (Å²) in [5.74, 6) is 0.463. The summed E-state index contributed by atoms with van der Waals surface area (Å²) in [7, 11) is 0. The van der Waals surface area contributed by atoms with Crippen LogP contribution >= 0.6 is 11.6 Å². The van der Waals surface area contributed by atoms with E-state index in [1.165, 1.54) is 0 Å². The van der Waals surface area contributed by atoms with Gasteiger partial charge in [-0.05, 0) is 56.3 Å². The van der Waals surface area contributed by atoms with E-state index >= 15 is 0 Å². The molecule has 9 nitrogen and oxygen atoms in total. The molecule has 2 saturated heterocycles. The fraction of sp³-hybridized carbons (Fsp3) is 0.357. The predicted molar refractivity (Wildman–Crippen MR) is 147 cm³/mol. The van der Waals surface area contributed by atoms with Crippen LogP contribution in [-0.2, 0) is 4.74 Å². The standard InChI is InChI=1S/C28H31ClN6O3/c1-20-17-27(21(2)35(20)25-6-3-23(29)4-7-25)38-28(36)31-24-5-8-26(22(18-24)19-30)32-9-11-33(12-10-32)34-13-15-37-16-14-34/h3-8,17-18H,9-16H2,1-2H3,(H,31,36). The topological polar surface area (TPSA) is 86.0 Å². The van der Waals surface area contributed by atoms with Crippen molar-refractivity contribution in [2.45, 2.75) is 13.8 Å². The Hall–Kier alpha value is -3.55. The monoisotopic (exact) mass is 534 g/mol. The van der Waals surface area contributed by atoms with Crippen molar-refractivity contribution in [3.63, 3.8) is 0 Å². The molecule has 0 spiro atoms. The van der Waals surface area contributed by atoms with Crippen molar-refractivity contribution in [1.29, 1.82) is 5.26 Å². The second-order valence-corrected chi connectivity index (χ2v) is 9.85. The van der Waals surface area contributed by atoms with Gasteiger partial charge >= 0.3 is 6.09 Å². The first-order chi connectivity index (χ1) is 18.4. The lowest BCUT2D eigenvalue weighted by Crippen LogP contribution is -2.56. The summed E-state index contributed by atoms with van der Waals surface area (Å²) in [4.78, 5) is 15.0. The van der Waals surface area contributed by atoms with E-state index < -0.39 is 6.09 Å². The normalized spacial score (nSPS) is 16.7. The SMILES string of the molecule is Cc1cc(OC(=O)Nc2ccc(N3CCN(N4CCOCC4)CC3)c(C#N)c2)c(C)n1-c1ccc(Cl)cc1. The summed E-state index contributed by atoms with van der Waals surface area (Å²) in [5, 5.41) is 18.0. The molecular formula is C28H31ClN6O3. The van der Waals surface area contributed by atoms with Gasteiger partial charge in [0.2, 0.25) is 0 Å². The van der Waals surface area contributed by atoms with Crippen LogP contribution in [0.2, 0.25) is 5.02 Å². The fourth-order valence-corrected chi connectivity index (χ4v) is 5.23. The third-order valence-electron chi connectivity index (χ3n) is 7.02.